The number of fused-ring (bicyclic) bond motifs is 1. The molecule has 0 fully saturated rings. The van der Waals surface area contributed by atoms with Crippen LogP contribution in [-0.4, -0.2) is 61.2 Å². The SMILES string of the molecule is CN1C(=O)C(C)(CS(=O)(=O)O)c2cc(F)ccc21.[NaH]. The summed E-state index contributed by atoms with van der Waals surface area (Å²) in [5, 5.41) is 0. The van der Waals surface area contributed by atoms with Crippen molar-refractivity contribution in [3.05, 3.63) is 29.6 Å². The predicted molar refractivity (Wildman–Crippen MR) is 70.7 cm³/mol. The van der Waals surface area contributed by atoms with E-state index in [2.05, 4.69) is 0 Å². The monoisotopic (exact) mass is 297 g/mol. The van der Waals surface area contributed by atoms with Crippen LogP contribution in [0.3, 0.4) is 0 Å². The molecular formula is C11H13FNNaO4S. The Morgan fingerprint density at radius 1 is 1.42 bits per heavy atom. The summed E-state index contributed by atoms with van der Waals surface area (Å²) in [7, 11) is -2.87. The Kier molecular flexibility index (Phi) is 4.49. The molecule has 1 heterocycles. The molecule has 2 rings (SSSR count). The van der Waals surface area contributed by atoms with Crippen molar-refractivity contribution in [1.29, 1.82) is 0 Å². The molecule has 1 N–H and O–H groups in total. The first-order chi connectivity index (χ1) is 8.15. The minimum absolute atomic E-state index is 0. The fraction of sp³-hybridized carbons (Fsp3) is 0.364. The fourth-order valence-electron chi connectivity index (χ4n) is 2.34. The zero-order valence-corrected chi connectivity index (χ0v) is 10.7. The van der Waals surface area contributed by atoms with E-state index in [1.54, 1.807) is 0 Å². The summed E-state index contributed by atoms with van der Waals surface area (Å²) >= 11 is 0. The Balaban J connectivity index is 0.00000180. The van der Waals surface area contributed by atoms with Crippen molar-refractivity contribution in [3.8, 4) is 0 Å². The van der Waals surface area contributed by atoms with Crippen LogP contribution in [0, 0.1) is 5.82 Å². The van der Waals surface area contributed by atoms with Crippen LogP contribution in [0.4, 0.5) is 10.1 Å². The van der Waals surface area contributed by atoms with Gasteiger partial charge in [0.25, 0.3) is 10.1 Å². The van der Waals surface area contributed by atoms with E-state index in [-0.39, 0.29) is 35.1 Å². The molecule has 8 heteroatoms. The Hall–Kier alpha value is -0.470. The van der Waals surface area contributed by atoms with Gasteiger partial charge in [0.05, 0.1) is 11.2 Å². The normalized spacial score (nSPS) is 22.1. The standard InChI is InChI=1S/C11H12FNO4S.Na.H/c1-11(6-18(15,16)17)8-5-7(12)3-4-9(8)13(2)10(11)14;;/h3-5H,6H2,1-2H3,(H,15,16,17);;. The van der Waals surface area contributed by atoms with Gasteiger partial charge < -0.3 is 4.90 Å². The predicted octanol–water partition coefficient (Wildman–Crippen LogP) is 0.299. The second-order valence-electron chi connectivity index (χ2n) is 4.58. The number of benzene rings is 1. The van der Waals surface area contributed by atoms with Gasteiger partial charge in [0, 0.05) is 12.7 Å². The van der Waals surface area contributed by atoms with Gasteiger partial charge in [-0.15, -0.1) is 0 Å². The van der Waals surface area contributed by atoms with E-state index in [0.29, 0.717) is 5.69 Å². The summed E-state index contributed by atoms with van der Waals surface area (Å²) < 4.78 is 44.3. The third-order valence-corrected chi connectivity index (χ3v) is 4.10. The van der Waals surface area contributed by atoms with Crippen LogP contribution in [-0.2, 0) is 20.3 Å². The zero-order valence-electron chi connectivity index (χ0n) is 9.84. The second-order valence-corrected chi connectivity index (χ2v) is 6.04. The molecule has 100 valence electrons. The summed E-state index contributed by atoms with van der Waals surface area (Å²) in [6.45, 7) is 1.38. The van der Waals surface area contributed by atoms with Crippen molar-refractivity contribution < 1.29 is 22.2 Å². The van der Waals surface area contributed by atoms with E-state index in [1.165, 1.54) is 31.0 Å². The first-order valence-corrected chi connectivity index (χ1v) is 6.79. The van der Waals surface area contributed by atoms with Gasteiger partial charge in [-0.25, -0.2) is 4.39 Å². The number of carbonyl (C=O) groups is 1. The molecule has 5 nitrogen and oxygen atoms in total. The number of hydrogen-bond donors (Lipinski definition) is 1. The van der Waals surface area contributed by atoms with E-state index in [4.69, 9.17) is 4.55 Å². The number of halogens is 1. The van der Waals surface area contributed by atoms with Crippen LogP contribution in [0.2, 0.25) is 0 Å². The van der Waals surface area contributed by atoms with E-state index in [0.717, 1.165) is 6.07 Å². The summed E-state index contributed by atoms with van der Waals surface area (Å²) in [5.41, 5.74) is -0.736. The summed E-state index contributed by atoms with van der Waals surface area (Å²) in [6.07, 6.45) is 0. The van der Waals surface area contributed by atoms with Gasteiger partial charge in [-0.3, -0.25) is 9.35 Å². The summed E-state index contributed by atoms with van der Waals surface area (Å²) in [4.78, 5) is 13.4. The van der Waals surface area contributed by atoms with Crippen molar-refractivity contribution in [2.45, 2.75) is 12.3 Å². The number of nitrogens with zero attached hydrogens (tertiary/aromatic N) is 1. The molecule has 1 aliphatic rings. The molecule has 0 saturated carbocycles. The first kappa shape index (κ1) is 16.6. The van der Waals surface area contributed by atoms with Gasteiger partial charge in [-0.05, 0) is 30.7 Å². The molecule has 0 radical (unpaired) electrons. The quantitative estimate of drug-likeness (QED) is 0.629. The summed E-state index contributed by atoms with van der Waals surface area (Å²) in [6, 6.07) is 3.74. The van der Waals surface area contributed by atoms with Gasteiger partial charge in [0.2, 0.25) is 5.91 Å². The Morgan fingerprint density at radius 3 is 2.53 bits per heavy atom. The van der Waals surface area contributed by atoms with Gasteiger partial charge in [-0.1, -0.05) is 0 Å². The Morgan fingerprint density at radius 2 is 2.00 bits per heavy atom. The van der Waals surface area contributed by atoms with Crippen molar-refractivity contribution in [2.24, 2.45) is 0 Å². The number of rotatable bonds is 2. The van der Waals surface area contributed by atoms with Crippen molar-refractivity contribution in [1.82, 2.24) is 0 Å². The molecule has 1 aromatic carbocycles. The average Bonchev–Trinajstić information content (AvgIpc) is 2.39. The Labute approximate surface area is 132 Å². The van der Waals surface area contributed by atoms with E-state index >= 15 is 0 Å². The van der Waals surface area contributed by atoms with Gasteiger partial charge in [0.1, 0.15) is 5.82 Å². The van der Waals surface area contributed by atoms with Crippen molar-refractivity contribution >= 4 is 51.3 Å². The van der Waals surface area contributed by atoms with Crippen molar-refractivity contribution in [3.63, 3.8) is 0 Å². The topological polar surface area (TPSA) is 74.7 Å². The van der Waals surface area contributed by atoms with Crippen LogP contribution in [0.5, 0.6) is 0 Å². The molecule has 0 saturated heterocycles. The van der Waals surface area contributed by atoms with Crippen molar-refractivity contribution in [2.75, 3.05) is 17.7 Å². The molecular weight excluding hydrogens is 284 g/mol. The van der Waals surface area contributed by atoms with Crippen LogP contribution in [0.15, 0.2) is 18.2 Å². The molecule has 1 amide bonds. The molecule has 1 aromatic rings. The molecule has 1 aliphatic heterocycles. The molecule has 1 unspecified atom stereocenters. The van der Waals surface area contributed by atoms with Crippen LogP contribution in [0.25, 0.3) is 0 Å². The third kappa shape index (κ3) is 2.85. The molecule has 0 bridgehead atoms. The fourth-order valence-corrected chi connectivity index (χ4v) is 3.35. The van der Waals surface area contributed by atoms with E-state index in [9.17, 15) is 17.6 Å². The molecule has 0 aliphatic carbocycles. The van der Waals surface area contributed by atoms with Gasteiger partial charge >= 0.3 is 29.6 Å². The summed E-state index contributed by atoms with van der Waals surface area (Å²) in [5.74, 6) is -1.81. The van der Waals surface area contributed by atoms with Gasteiger partial charge in [0.15, 0.2) is 0 Å². The molecule has 0 aromatic heterocycles. The third-order valence-electron chi connectivity index (χ3n) is 3.16. The zero-order chi connectivity index (χ0) is 13.7. The van der Waals surface area contributed by atoms with E-state index < -0.39 is 33.0 Å². The molecule has 0 spiro atoms. The number of anilines is 1. The van der Waals surface area contributed by atoms with Crippen LogP contribution < -0.4 is 4.90 Å². The number of hydrogen-bond acceptors (Lipinski definition) is 3. The van der Waals surface area contributed by atoms with Gasteiger partial charge in [-0.2, -0.15) is 8.42 Å². The minimum atomic E-state index is -4.35. The Bertz CT molecular complexity index is 634. The average molecular weight is 297 g/mol. The maximum atomic E-state index is 13.3. The number of carbonyl (C=O) groups excluding carboxylic acids is 1. The first-order valence-electron chi connectivity index (χ1n) is 5.18. The molecule has 19 heavy (non-hydrogen) atoms. The second kappa shape index (κ2) is 5.14. The molecule has 1 atom stereocenters. The van der Waals surface area contributed by atoms with Crippen LogP contribution >= 0.6 is 0 Å². The number of amides is 1. The maximum absolute atomic E-state index is 13.3. The van der Waals surface area contributed by atoms with E-state index in [1.807, 2.05) is 0 Å². The van der Waals surface area contributed by atoms with Crippen LogP contribution in [0.1, 0.15) is 12.5 Å². The number of likely N-dealkylation sites (N-methyl/N-ethyl adjacent to an activating group) is 1.